The molecule has 4 N–H and O–H groups in total. The maximum atomic E-state index is 10.7. The van der Waals surface area contributed by atoms with E-state index in [0.29, 0.717) is 11.4 Å². The van der Waals surface area contributed by atoms with Crippen molar-refractivity contribution in [2.45, 2.75) is 19.9 Å². The maximum Gasteiger partial charge on any atom is 0.405 e. The number of rotatable bonds is 5. The number of hydrogen-bond acceptors (Lipinski definition) is 4. The van der Waals surface area contributed by atoms with Gasteiger partial charge in [-0.1, -0.05) is 19.9 Å². The van der Waals surface area contributed by atoms with Gasteiger partial charge in [-0.05, 0) is 18.1 Å². The number of anilines is 1. The molecule has 0 aliphatic carbocycles. The second-order valence-corrected chi connectivity index (χ2v) is 4.44. The van der Waals surface area contributed by atoms with Crippen molar-refractivity contribution >= 4 is 11.8 Å². The van der Waals surface area contributed by atoms with Crippen LogP contribution in [0.3, 0.4) is 0 Å². The van der Waals surface area contributed by atoms with Crippen LogP contribution in [0.15, 0.2) is 18.2 Å². The van der Waals surface area contributed by atoms with Crippen molar-refractivity contribution in [1.29, 1.82) is 5.26 Å². The lowest BCUT2D eigenvalue weighted by Crippen LogP contribution is -2.42. The first-order chi connectivity index (χ1) is 8.95. The monoisotopic (exact) mass is 263 g/mol. The van der Waals surface area contributed by atoms with Crippen molar-refractivity contribution in [3.63, 3.8) is 0 Å². The van der Waals surface area contributed by atoms with E-state index in [9.17, 15) is 4.79 Å². The van der Waals surface area contributed by atoms with Gasteiger partial charge in [-0.25, -0.2) is 4.79 Å². The number of benzene rings is 1. The number of nitriles is 1. The molecule has 102 valence electrons. The highest BCUT2D eigenvalue weighted by molar-refractivity contribution is 5.65. The summed E-state index contributed by atoms with van der Waals surface area (Å²) in [4.78, 5) is 10.7. The zero-order valence-electron chi connectivity index (χ0n) is 10.9. The van der Waals surface area contributed by atoms with Crippen LogP contribution in [0, 0.1) is 17.2 Å². The summed E-state index contributed by atoms with van der Waals surface area (Å²) in [5, 5.41) is 20.1. The normalized spacial score (nSPS) is 11.7. The van der Waals surface area contributed by atoms with E-state index < -0.39 is 6.09 Å². The molecule has 1 atom stereocenters. The number of nitrogens with zero attached hydrogens (tertiary/aromatic N) is 1. The Morgan fingerprint density at radius 1 is 1.58 bits per heavy atom. The first kappa shape index (κ1) is 14.6. The van der Waals surface area contributed by atoms with Gasteiger partial charge in [-0.15, -0.1) is 0 Å². The Morgan fingerprint density at radius 2 is 2.26 bits per heavy atom. The van der Waals surface area contributed by atoms with Crippen molar-refractivity contribution in [1.82, 2.24) is 5.32 Å². The molecule has 1 rings (SSSR count). The molecule has 6 nitrogen and oxygen atoms in total. The average molecular weight is 263 g/mol. The first-order valence-electron chi connectivity index (χ1n) is 5.86. The molecule has 0 heterocycles. The van der Waals surface area contributed by atoms with E-state index in [4.69, 9.17) is 20.8 Å². The van der Waals surface area contributed by atoms with Crippen LogP contribution in [0.2, 0.25) is 0 Å². The lowest BCUT2D eigenvalue weighted by atomic mass is 10.1. The summed E-state index contributed by atoms with van der Waals surface area (Å²) >= 11 is 0. The van der Waals surface area contributed by atoms with Crippen LogP contribution in [-0.4, -0.2) is 23.8 Å². The Hall–Kier alpha value is -2.42. The molecule has 0 saturated carbocycles. The summed E-state index contributed by atoms with van der Waals surface area (Å²) in [5.74, 6) is 0.433. The van der Waals surface area contributed by atoms with E-state index in [-0.39, 0.29) is 24.1 Å². The highest BCUT2D eigenvalue weighted by Gasteiger charge is 2.17. The molecule has 0 radical (unpaired) electrons. The predicted molar refractivity (Wildman–Crippen MR) is 70.9 cm³/mol. The Bertz CT molecular complexity index is 494. The number of carbonyl (C=O) groups is 1. The largest absolute Gasteiger partial charge is 0.490 e. The van der Waals surface area contributed by atoms with Gasteiger partial charge in [0.15, 0.2) is 0 Å². The zero-order valence-corrected chi connectivity index (χ0v) is 10.9. The van der Waals surface area contributed by atoms with E-state index in [0.717, 1.165) is 0 Å². The minimum atomic E-state index is -1.10. The van der Waals surface area contributed by atoms with Gasteiger partial charge in [-0.3, -0.25) is 0 Å². The Balaban J connectivity index is 2.78. The molecule has 1 aromatic carbocycles. The fraction of sp³-hybridized carbons (Fsp3) is 0.385. The van der Waals surface area contributed by atoms with Gasteiger partial charge in [0.2, 0.25) is 0 Å². The van der Waals surface area contributed by atoms with Gasteiger partial charge in [0, 0.05) is 0 Å². The number of amides is 1. The summed E-state index contributed by atoms with van der Waals surface area (Å²) in [7, 11) is 0. The molecule has 1 aromatic rings. The molecule has 1 unspecified atom stereocenters. The third kappa shape index (κ3) is 4.07. The number of hydrogen-bond donors (Lipinski definition) is 3. The van der Waals surface area contributed by atoms with E-state index in [1.165, 1.54) is 0 Å². The molecule has 0 fully saturated rings. The summed E-state index contributed by atoms with van der Waals surface area (Å²) in [6.07, 6.45) is -1.10. The van der Waals surface area contributed by atoms with Crippen LogP contribution < -0.4 is 15.8 Å². The number of nitrogens with one attached hydrogen (secondary N) is 1. The molecule has 0 bridgehead atoms. The molecule has 1 amide bonds. The number of nitrogens with two attached hydrogens (primary N) is 1. The second kappa shape index (κ2) is 6.50. The van der Waals surface area contributed by atoms with Crippen molar-refractivity contribution in [2.24, 2.45) is 5.92 Å². The fourth-order valence-electron chi connectivity index (χ4n) is 1.53. The number of ether oxygens (including phenoxy) is 1. The molecule has 0 aromatic heterocycles. The third-order valence-electron chi connectivity index (χ3n) is 2.70. The van der Waals surface area contributed by atoms with Crippen molar-refractivity contribution in [2.75, 3.05) is 12.3 Å². The molecular weight excluding hydrogens is 246 g/mol. The van der Waals surface area contributed by atoms with Gasteiger partial charge in [-0.2, -0.15) is 5.26 Å². The van der Waals surface area contributed by atoms with E-state index in [1.807, 2.05) is 19.9 Å². The van der Waals surface area contributed by atoms with Crippen LogP contribution in [0.5, 0.6) is 5.75 Å². The quantitative estimate of drug-likeness (QED) is 0.702. The van der Waals surface area contributed by atoms with Gasteiger partial charge < -0.3 is 20.9 Å². The zero-order chi connectivity index (χ0) is 14.4. The van der Waals surface area contributed by atoms with Gasteiger partial charge in [0.05, 0.1) is 11.7 Å². The number of carboxylic acid groups (broad SMARTS) is 1. The lowest BCUT2D eigenvalue weighted by molar-refractivity contribution is 0.171. The molecule has 0 aliphatic rings. The van der Waals surface area contributed by atoms with E-state index in [2.05, 4.69) is 5.32 Å². The van der Waals surface area contributed by atoms with Gasteiger partial charge >= 0.3 is 6.09 Å². The Kier molecular flexibility index (Phi) is 5.01. The van der Waals surface area contributed by atoms with Crippen LogP contribution in [0.4, 0.5) is 10.5 Å². The summed E-state index contributed by atoms with van der Waals surface area (Å²) < 4.78 is 5.50. The summed E-state index contributed by atoms with van der Waals surface area (Å²) in [6, 6.07) is 6.54. The minimum Gasteiger partial charge on any atom is -0.490 e. The highest BCUT2D eigenvalue weighted by atomic mass is 16.5. The van der Waals surface area contributed by atoms with Crippen LogP contribution in [0.1, 0.15) is 19.4 Å². The van der Waals surface area contributed by atoms with E-state index >= 15 is 0 Å². The Morgan fingerprint density at radius 3 is 2.79 bits per heavy atom. The molecule has 19 heavy (non-hydrogen) atoms. The SMILES string of the molecule is CC(C)C(COc1cccc(N)c1C#N)NC(=O)O. The topological polar surface area (TPSA) is 108 Å². The predicted octanol–water partition coefficient (Wildman–Crippen LogP) is 1.81. The van der Waals surface area contributed by atoms with Crippen LogP contribution in [0.25, 0.3) is 0 Å². The second-order valence-electron chi connectivity index (χ2n) is 4.44. The lowest BCUT2D eigenvalue weighted by Gasteiger charge is -2.21. The van der Waals surface area contributed by atoms with Crippen LogP contribution >= 0.6 is 0 Å². The smallest absolute Gasteiger partial charge is 0.405 e. The van der Waals surface area contributed by atoms with E-state index in [1.54, 1.807) is 18.2 Å². The van der Waals surface area contributed by atoms with Gasteiger partial charge in [0.25, 0.3) is 0 Å². The Labute approximate surface area is 111 Å². The molecule has 0 spiro atoms. The maximum absolute atomic E-state index is 10.7. The molecular formula is C13H17N3O3. The highest BCUT2D eigenvalue weighted by Crippen LogP contribution is 2.23. The first-order valence-corrected chi connectivity index (χ1v) is 5.86. The summed E-state index contributed by atoms with van der Waals surface area (Å²) in [5.41, 5.74) is 6.27. The average Bonchev–Trinajstić information content (AvgIpc) is 2.33. The van der Waals surface area contributed by atoms with Crippen molar-refractivity contribution < 1.29 is 14.6 Å². The molecule has 6 heteroatoms. The third-order valence-corrected chi connectivity index (χ3v) is 2.70. The van der Waals surface area contributed by atoms with Crippen molar-refractivity contribution in [3.8, 4) is 11.8 Å². The van der Waals surface area contributed by atoms with Crippen LogP contribution in [-0.2, 0) is 0 Å². The molecule has 0 saturated heterocycles. The van der Waals surface area contributed by atoms with Gasteiger partial charge in [0.1, 0.15) is 24.0 Å². The van der Waals surface area contributed by atoms with Crippen molar-refractivity contribution in [3.05, 3.63) is 23.8 Å². The molecule has 0 aliphatic heterocycles. The minimum absolute atomic E-state index is 0.0719. The summed E-state index contributed by atoms with van der Waals surface area (Å²) in [6.45, 7) is 3.91. The standard InChI is InChI=1S/C13H17N3O3/c1-8(2)11(16-13(17)18)7-19-12-5-3-4-10(15)9(12)6-14/h3-5,8,11,16H,7,15H2,1-2H3,(H,17,18). The number of nitrogen functional groups attached to an aromatic ring is 1. The fourth-order valence-corrected chi connectivity index (χ4v) is 1.53.